The number of rotatable bonds is 8. The van der Waals surface area contributed by atoms with Gasteiger partial charge in [-0.2, -0.15) is 8.78 Å². The summed E-state index contributed by atoms with van der Waals surface area (Å²) < 4.78 is 41.0. The third-order valence-corrected chi connectivity index (χ3v) is 7.21. The predicted octanol–water partition coefficient (Wildman–Crippen LogP) is 8.72. The first kappa shape index (κ1) is 33.6. The minimum atomic E-state index is -3.07. The Morgan fingerprint density at radius 2 is 1.74 bits per heavy atom. The van der Waals surface area contributed by atoms with Crippen LogP contribution in [0.1, 0.15) is 105 Å². The summed E-state index contributed by atoms with van der Waals surface area (Å²) in [5, 5.41) is 0.520. The first-order chi connectivity index (χ1) is 20.7. The predicted molar refractivity (Wildman–Crippen MR) is 167 cm³/mol. The number of benzene rings is 2. The molecule has 0 bridgehead atoms. The van der Waals surface area contributed by atoms with Gasteiger partial charge in [0, 0.05) is 30.5 Å². The molecule has 0 unspecified atom stereocenters. The molecule has 2 aromatic carbocycles. The number of carbonyl (C=O) groups is 1. The molecule has 0 aliphatic carbocycles. The number of fused-ring (bicyclic) bond motifs is 2. The van der Waals surface area contributed by atoms with Gasteiger partial charge in [-0.15, -0.1) is 0 Å². The summed E-state index contributed by atoms with van der Waals surface area (Å²) in [5.74, 6) is -2.52. The second kappa shape index (κ2) is 14.6. The van der Waals surface area contributed by atoms with Gasteiger partial charge in [0.1, 0.15) is 17.0 Å². The quantitative estimate of drug-likeness (QED) is 0.219. The van der Waals surface area contributed by atoms with E-state index in [9.17, 15) is 13.6 Å². The van der Waals surface area contributed by atoms with Crippen LogP contribution in [0.25, 0.3) is 22.4 Å². The third kappa shape index (κ3) is 6.88. The number of nitrogens with zero attached hydrogens (tertiary/aromatic N) is 3. The van der Waals surface area contributed by atoms with Gasteiger partial charge in [0.05, 0.1) is 13.2 Å². The fourth-order valence-electron chi connectivity index (χ4n) is 5.04. The monoisotopic (exact) mass is 594 g/mol. The minimum absolute atomic E-state index is 0.159. The van der Waals surface area contributed by atoms with E-state index in [2.05, 4.69) is 16.0 Å². The highest BCUT2D eigenvalue weighted by Crippen LogP contribution is 2.39. The van der Waals surface area contributed by atoms with Gasteiger partial charge in [-0.1, -0.05) is 71.7 Å². The second-order valence-electron chi connectivity index (χ2n) is 10.0. The highest BCUT2D eigenvalue weighted by molar-refractivity contribution is 5.98. The molecular weight excluding hydrogens is 550 g/mol. The Morgan fingerprint density at radius 1 is 1.05 bits per heavy atom. The minimum Gasteiger partial charge on any atom is -0.494 e. The van der Waals surface area contributed by atoms with E-state index in [4.69, 9.17) is 14.9 Å². The molecule has 7 nitrogen and oxygen atoms in total. The highest BCUT2D eigenvalue weighted by Gasteiger charge is 2.34. The molecule has 3 heterocycles. The molecule has 0 saturated heterocycles. The largest absolute Gasteiger partial charge is 0.494 e. The lowest BCUT2D eigenvalue weighted by Gasteiger charge is -2.16. The third-order valence-electron chi connectivity index (χ3n) is 7.21. The van der Waals surface area contributed by atoms with E-state index >= 15 is 0 Å². The number of nitrogens with two attached hydrogens (primary N) is 1. The summed E-state index contributed by atoms with van der Waals surface area (Å²) in [6, 6.07) is 11.9. The normalized spacial score (nSPS) is 13.0. The number of alkyl halides is 2. The van der Waals surface area contributed by atoms with Crippen LogP contribution in [0, 0.1) is 6.92 Å². The zero-order chi connectivity index (χ0) is 31.9. The molecule has 0 fully saturated rings. The Bertz CT molecular complexity index is 1550. The van der Waals surface area contributed by atoms with Crippen LogP contribution in [-0.2, 0) is 19.0 Å². The molecule has 1 aliphatic heterocycles. The SMILES string of the molecule is CC.CC.CCCC(F)(F)c1ccc2c(-c3nc(C(=O)N4Cc5ccc(C)cc5C4)c([C@@H](N)CC)o3)ccc(OC)c2n1. The zero-order valence-electron chi connectivity index (χ0n) is 26.6. The molecule has 0 spiro atoms. The second-order valence-corrected chi connectivity index (χ2v) is 10.0. The van der Waals surface area contributed by atoms with Crippen molar-refractivity contribution in [2.24, 2.45) is 5.73 Å². The lowest BCUT2D eigenvalue weighted by atomic mass is 10.0. The van der Waals surface area contributed by atoms with Crippen molar-refractivity contribution in [1.29, 1.82) is 0 Å². The van der Waals surface area contributed by atoms with Gasteiger partial charge in [-0.05, 0) is 48.7 Å². The molecule has 1 atom stereocenters. The van der Waals surface area contributed by atoms with Crippen LogP contribution in [-0.4, -0.2) is 27.9 Å². The Kier molecular flexibility index (Phi) is 11.4. The number of halogens is 2. The van der Waals surface area contributed by atoms with E-state index in [0.717, 1.165) is 16.7 Å². The van der Waals surface area contributed by atoms with Crippen LogP contribution in [0.15, 0.2) is 46.9 Å². The number of aromatic nitrogens is 2. The van der Waals surface area contributed by atoms with Gasteiger partial charge >= 0.3 is 0 Å². The van der Waals surface area contributed by atoms with E-state index in [1.165, 1.54) is 13.2 Å². The van der Waals surface area contributed by atoms with Crippen molar-refractivity contribution in [3.05, 3.63) is 76.3 Å². The molecule has 0 saturated carbocycles. The van der Waals surface area contributed by atoms with Crippen LogP contribution in [0.4, 0.5) is 8.78 Å². The summed E-state index contributed by atoms with van der Waals surface area (Å²) in [5.41, 5.74) is 10.3. The topological polar surface area (TPSA) is 94.5 Å². The van der Waals surface area contributed by atoms with Crippen molar-refractivity contribution >= 4 is 16.8 Å². The molecule has 2 N–H and O–H groups in total. The molecule has 5 rings (SSSR count). The van der Waals surface area contributed by atoms with Crippen LogP contribution < -0.4 is 10.5 Å². The number of hydrogen-bond donors (Lipinski definition) is 1. The fraction of sp³-hybridized carbons (Fsp3) is 0.441. The van der Waals surface area contributed by atoms with Crippen molar-refractivity contribution < 1.29 is 22.7 Å². The van der Waals surface area contributed by atoms with E-state index < -0.39 is 12.0 Å². The summed E-state index contributed by atoms with van der Waals surface area (Å²) >= 11 is 0. The molecule has 0 radical (unpaired) electrons. The standard InChI is InChI=1S/C30H32F2N4O3.2C2H6/c1-5-13-30(31,32)24-12-10-20-21(9-11-23(38-4)25(20)34-24)28-35-26(27(39-28)22(33)6-2)29(37)36-15-18-8-7-17(3)14-19(18)16-36;2*1-2/h7-12,14,22H,5-6,13,15-16,33H2,1-4H3;2*1-2H3/t22-;;/m0../s1. The number of aryl methyl sites for hydroxylation is 1. The van der Waals surface area contributed by atoms with Crippen LogP contribution in [0.2, 0.25) is 0 Å². The molecular formula is C34H44F2N4O3. The van der Waals surface area contributed by atoms with E-state index in [1.807, 2.05) is 53.7 Å². The summed E-state index contributed by atoms with van der Waals surface area (Å²) in [6.07, 6.45) is 0.547. The van der Waals surface area contributed by atoms with Crippen molar-refractivity contribution in [2.45, 2.75) is 92.8 Å². The first-order valence-electron chi connectivity index (χ1n) is 15.2. The Morgan fingerprint density at radius 3 is 2.40 bits per heavy atom. The number of carbonyl (C=O) groups excluding carboxylic acids is 1. The molecule has 2 aromatic heterocycles. The van der Waals surface area contributed by atoms with E-state index in [1.54, 1.807) is 30.0 Å². The Hall–Kier alpha value is -3.85. The Balaban J connectivity index is 0.00000121. The molecule has 1 amide bonds. The summed E-state index contributed by atoms with van der Waals surface area (Å²) in [7, 11) is 1.46. The van der Waals surface area contributed by atoms with Crippen molar-refractivity contribution in [1.82, 2.24) is 14.9 Å². The average Bonchev–Trinajstić information content (AvgIpc) is 3.66. The molecule has 9 heteroatoms. The van der Waals surface area contributed by atoms with E-state index in [-0.39, 0.29) is 35.1 Å². The molecule has 1 aliphatic rings. The van der Waals surface area contributed by atoms with Crippen molar-refractivity contribution in [3.63, 3.8) is 0 Å². The van der Waals surface area contributed by atoms with Gasteiger partial charge in [-0.3, -0.25) is 4.79 Å². The van der Waals surface area contributed by atoms with Crippen LogP contribution in [0.5, 0.6) is 5.75 Å². The maximum atomic E-state index is 14.7. The Labute approximate surface area is 253 Å². The lowest BCUT2D eigenvalue weighted by Crippen LogP contribution is -2.27. The van der Waals surface area contributed by atoms with Crippen molar-refractivity contribution in [3.8, 4) is 17.2 Å². The smallest absolute Gasteiger partial charge is 0.289 e. The highest BCUT2D eigenvalue weighted by atomic mass is 19.3. The van der Waals surface area contributed by atoms with Crippen molar-refractivity contribution in [2.75, 3.05) is 7.11 Å². The summed E-state index contributed by atoms with van der Waals surface area (Å²) in [4.78, 5) is 24.3. The fourth-order valence-corrected chi connectivity index (χ4v) is 5.04. The number of amides is 1. The lowest BCUT2D eigenvalue weighted by molar-refractivity contribution is -0.0181. The van der Waals surface area contributed by atoms with Crippen LogP contribution in [0.3, 0.4) is 0 Å². The number of pyridine rings is 1. The number of hydrogen-bond acceptors (Lipinski definition) is 6. The molecule has 4 aromatic rings. The first-order valence-corrected chi connectivity index (χ1v) is 15.2. The van der Waals surface area contributed by atoms with Gasteiger partial charge in [0.2, 0.25) is 5.89 Å². The van der Waals surface area contributed by atoms with Gasteiger partial charge in [0.25, 0.3) is 11.8 Å². The van der Waals surface area contributed by atoms with Gasteiger partial charge in [0.15, 0.2) is 11.5 Å². The molecule has 232 valence electrons. The molecule has 43 heavy (non-hydrogen) atoms. The summed E-state index contributed by atoms with van der Waals surface area (Å²) in [6.45, 7) is 14.6. The number of oxazole rings is 1. The van der Waals surface area contributed by atoms with E-state index in [0.29, 0.717) is 48.4 Å². The van der Waals surface area contributed by atoms with Gasteiger partial charge < -0.3 is 19.8 Å². The maximum Gasteiger partial charge on any atom is 0.289 e. The maximum absolute atomic E-state index is 14.7. The number of methoxy groups -OCH3 is 1. The number of ether oxygens (including phenoxy) is 1. The van der Waals surface area contributed by atoms with Gasteiger partial charge in [-0.25, -0.2) is 9.97 Å². The van der Waals surface area contributed by atoms with Crippen LogP contribution >= 0.6 is 0 Å². The average molecular weight is 595 g/mol. The zero-order valence-corrected chi connectivity index (χ0v) is 26.6.